The van der Waals surface area contributed by atoms with Gasteiger partial charge in [-0.05, 0) is 12.8 Å². The minimum Gasteiger partial charge on any atom is -0.376 e. The summed E-state index contributed by atoms with van der Waals surface area (Å²) in [7, 11) is 0. The van der Waals surface area contributed by atoms with Gasteiger partial charge in [0.05, 0.1) is 6.67 Å². The monoisotopic (exact) mass is 210 g/mol. The van der Waals surface area contributed by atoms with Crippen molar-refractivity contribution in [2.75, 3.05) is 6.67 Å². The third-order valence-corrected chi connectivity index (χ3v) is 1.54. The molecular weight excluding hydrogens is 202 g/mol. The second-order valence-corrected chi connectivity index (χ2v) is 2.52. The van der Waals surface area contributed by atoms with Crippen LogP contribution in [0, 0.1) is 0 Å². The Balaban J connectivity index is 4.54. The van der Waals surface area contributed by atoms with Crippen molar-refractivity contribution in [3.8, 4) is 0 Å². The molecular formula is C6H8F6O. The summed E-state index contributed by atoms with van der Waals surface area (Å²) in [5, 5.41) is 8.51. The topological polar surface area (TPSA) is 20.2 Å². The fourth-order valence-electron chi connectivity index (χ4n) is 0.711. The molecule has 0 aromatic rings. The molecule has 0 amide bonds. The van der Waals surface area contributed by atoms with Crippen molar-refractivity contribution in [2.45, 2.75) is 31.0 Å². The molecule has 1 nitrogen and oxygen atoms in total. The van der Waals surface area contributed by atoms with Gasteiger partial charge in [0.2, 0.25) is 5.60 Å². The van der Waals surface area contributed by atoms with E-state index >= 15 is 0 Å². The highest BCUT2D eigenvalue weighted by Crippen LogP contribution is 2.38. The molecule has 0 aliphatic heterocycles. The van der Waals surface area contributed by atoms with Gasteiger partial charge in [0.15, 0.2) is 0 Å². The molecule has 0 aromatic carbocycles. The van der Waals surface area contributed by atoms with Gasteiger partial charge in [-0.15, -0.1) is 0 Å². The Bertz CT molecular complexity index is 156. The van der Waals surface area contributed by atoms with E-state index in [1.165, 1.54) is 0 Å². The first-order valence-corrected chi connectivity index (χ1v) is 3.39. The van der Waals surface area contributed by atoms with E-state index in [1.54, 1.807) is 0 Å². The predicted molar refractivity (Wildman–Crippen MR) is 32.2 cm³/mol. The molecule has 7 heteroatoms. The fourth-order valence-corrected chi connectivity index (χ4v) is 0.711. The lowest BCUT2D eigenvalue weighted by Crippen LogP contribution is -2.51. The second kappa shape index (κ2) is 4.17. The van der Waals surface area contributed by atoms with E-state index < -0.39 is 37.7 Å². The smallest absolute Gasteiger partial charge is 0.376 e. The van der Waals surface area contributed by atoms with Crippen LogP contribution in [0.1, 0.15) is 12.8 Å². The van der Waals surface area contributed by atoms with E-state index in [4.69, 9.17) is 5.11 Å². The fraction of sp³-hybridized carbons (Fsp3) is 1.00. The van der Waals surface area contributed by atoms with E-state index in [0.717, 1.165) is 0 Å². The van der Waals surface area contributed by atoms with Gasteiger partial charge in [-0.1, -0.05) is 0 Å². The average molecular weight is 210 g/mol. The minimum atomic E-state index is -5.43. The second-order valence-electron chi connectivity index (χ2n) is 2.52. The van der Waals surface area contributed by atoms with Crippen LogP contribution in [0.4, 0.5) is 26.3 Å². The number of rotatable bonds is 4. The summed E-state index contributed by atoms with van der Waals surface area (Å²) in [4.78, 5) is 0. The molecule has 1 N–H and O–H groups in total. The summed E-state index contributed by atoms with van der Waals surface area (Å²) in [5.41, 5.74) is -4.08. The van der Waals surface area contributed by atoms with E-state index in [-0.39, 0.29) is 0 Å². The summed E-state index contributed by atoms with van der Waals surface area (Å²) in [6.45, 7) is -1.18. The van der Waals surface area contributed by atoms with Gasteiger partial charge in [0.25, 0.3) is 6.43 Å². The lowest BCUT2D eigenvalue weighted by atomic mass is 9.98. The molecule has 0 spiro atoms. The number of aliphatic hydroxyl groups is 1. The lowest BCUT2D eigenvalue weighted by molar-refractivity contribution is -0.300. The largest absolute Gasteiger partial charge is 0.422 e. The molecule has 0 saturated carbocycles. The molecule has 80 valence electrons. The average Bonchev–Trinajstić information content (AvgIpc) is 1.97. The standard InChI is InChI=1S/C6H8F6O/c7-3-1-2-5(13,4(8)9)6(10,11)12/h4,13H,1-3H2. The van der Waals surface area contributed by atoms with Gasteiger partial charge < -0.3 is 5.11 Å². The summed E-state index contributed by atoms with van der Waals surface area (Å²) in [5.74, 6) is 0. The van der Waals surface area contributed by atoms with Crippen molar-refractivity contribution in [3.05, 3.63) is 0 Å². The van der Waals surface area contributed by atoms with Crippen LogP contribution < -0.4 is 0 Å². The van der Waals surface area contributed by atoms with Crippen LogP contribution in [0.25, 0.3) is 0 Å². The van der Waals surface area contributed by atoms with Crippen molar-refractivity contribution < 1.29 is 31.4 Å². The quantitative estimate of drug-likeness (QED) is 0.706. The minimum absolute atomic E-state index is 0.750. The van der Waals surface area contributed by atoms with Gasteiger partial charge in [0.1, 0.15) is 0 Å². The normalized spacial score (nSPS) is 17.5. The highest BCUT2D eigenvalue weighted by Gasteiger charge is 2.59. The zero-order valence-corrected chi connectivity index (χ0v) is 6.41. The highest BCUT2D eigenvalue weighted by molar-refractivity contribution is 4.88. The molecule has 0 bridgehead atoms. The molecule has 0 aliphatic rings. The Morgan fingerprint density at radius 1 is 1.15 bits per heavy atom. The number of hydrogen-bond donors (Lipinski definition) is 1. The molecule has 0 heterocycles. The Kier molecular flexibility index (Phi) is 4.02. The SMILES string of the molecule is OC(CCCF)(C(F)F)C(F)(F)F. The van der Waals surface area contributed by atoms with E-state index in [1.807, 2.05) is 0 Å². The van der Waals surface area contributed by atoms with Crippen LogP contribution in [0.5, 0.6) is 0 Å². The van der Waals surface area contributed by atoms with Crippen LogP contribution in [-0.4, -0.2) is 30.0 Å². The van der Waals surface area contributed by atoms with E-state index in [9.17, 15) is 26.3 Å². The van der Waals surface area contributed by atoms with Gasteiger partial charge in [-0.3, -0.25) is 4.39 Å². The van der Waals surface area contributed by atoms with Crippen molar-refractivity contribution in [2.24, 2.45) is 0 Å². The zero-order chi connectivity index (χ0) is 10.7. The Morgan fingerprint density at radius 2 is 1.62 bits per heavy atom. The van der Waals surface area contributed by atoms with Crippen molar-refractivity contribution >= 4 is 0 Å². The number of halogens is 6. The van der Waals surface area contributed by atoms with Crippen LogP contribution in [0.15, 0.2) is 0 Å². The van der Waals surface area contributed by atoms with Crippen molar-refractivity contribution in [1.82, 2.24) is 0 Å². The molecule has 1 atom stereocenters. The van der Waals surface area contributed by atoms with Gasteiger partial charge >= 0.3 is 6.18 Å². The maximum Gasteiger partial charge on any atom is 0.422 e. The first-order valence-electron chi connectivity index (χ1n) is 3.39. The van der Waals surface area contributed by atoms with Crippen LogP contribution in [-0.2, 0) is 0 Å². The van der Waals surface area contributed by atoms with Crippen LogP contribution >= 0.6 is 0 Å². The third-order valence-electron chi connectivity index (χ3n) is 1.54. The van der Waals surface area contributed by atoms with Crippen LogP contribution in [0.2, 0.25) is 0 Å². The van der Waals surface area contributed by atoms with E-state index in [2.05, 4.69) is 0 Å². The summed E-state index contributed by atoms with van der Waals surface area (Å²) in [6.07, 6.45) is -11.5. The highest BCUT2D eigenvalue weighted by atomic mass is 19.4. The number of alkyl halides is 6. The third kappa shape index (κ3) is 2.75. The molecule has 1 unspecified atom stereocenters. The Morgan fingerprint density at radius 3 is 1.85 bits per heavy atom. The van der Waals surface area contributed by atoms with Crippen molar-refractivity contribution in [1.29, 1.82) is 0 Å². The molecule has 0 saturated heterocycles. The molecule has 0 aromatic heterocycles. The zero-order valence-electron chi connectivity index (χ0n) is 6.41. The Hall–Kier alpha value is -0.460. The maximum atomic E-state index is 11.8. The number of hydrogen-bond acceptors (Lipinski definition) is 1. The molecule has 0 radical (unpaired) electrons. The first-order chi connectivity index (χ1) is 5.75. The van der Waals surface area contributed by atoms with Gasteiger partial charge in [-0.2, -0.15) is 13.2 Å². The first kappa shape index (κ1) is 12.5. The maximum absolute atomic E-state index is 11.8. The van der Waals surface area contributed by atoms with Crippen LogP contribution in [0.3, 0.4) is 0 Å². The molecule has 0 rings (SSSR count). The molecule has 13 heavy (non-hydrogen) atoms. The molecule has 0 fully saturated rings. The van der Waals surface area contributed by atoms with Crippen molar-refractivity contribution in [3.63, 3.8) is 0 Å². The summed E-state index contributed by atoms with van der Waals surface area (Å²) in [6, 6.07) is 0. The lowest BCUT2D eigenvalue weighted by Gasteiger charge is -2.29. The van der Waals surface area contributed by atoms with Gasteiger partial charge in [0, 0.05) is 0 Å². The van der Waals surface area contributed by atoms with E-state index in [0.29, 0.717) is 0 Å². The predicted octanol–water partition coefficient (Wildman–Crippen LogP) is 2.29. The summed E-state index contributed by atoms with van der Waals surface area (Å²) >= 11 is 0. The molecule has 0 aliphatic carbocycles. The Labute approximate surface area is 70.4 Å². The van der Waals surface area contributed by atoms with Gasteiger partial charge in [-0.25, -0.2) is 8.78 Å². The summed E-state index contributed by atoms with van der Waals surface area (Å²) < 4.78 is 70.6.